The molecule has 0 unspecified atom stereocenters. The van der Waals surface area contributed by atoms with Crippen LogP contribution in [0.1, 0.15) is 6.92 Å². The Morgan fingerprint density at radius 3 is 2.59 bits per heavy atom. The Kier molecular flexibility index (Phi) is 8.61. The summed E-state index contributed by atoms with van der Waals surface area (Å²) >= 11 is 4.46. The first-order valence-electron chi connectivity index (χ1n) is 6.57. The Labute approximate surface area is 141 Å². The van der Waals surface area contributed by atoms with Crippen LogP contribution in [0.25, 0.3) is 0 Å². The molecule has 2 amide bonds. The first-order chi connectivity index (χ1) is 10.5. The minimum atomic E-state index is -0.355. The van der Waals surface area contributed by atoms with E-state index in [-0.39, 0.29) is 35.8 Å². The Morgan fingerprint density at radius 1 is 1.18 bits per heavy atom. The molecule has 0 saturated heterocycles. The monoisotopic (exact) mass is 388 g/mol. The highest BCUT2D eigenvalue weighted by Crippen LogP contribution is 2.20. The number of halogens is 1. The van der Waals surface area contributed by atoms with Gasteiger partial charge in [-0.25, -0.2) is 0 Å². The number of hydrogen-bond donors (Lipinski definition) is 2. The van der Waals surface area contributed by atoms with E-state index in [2.05, 4.69) is 26.6 Å². The molecule has 0 aliphatic heterocycles. The standard InChI is InChI=1S/C14H17BrN2O4S/c1-2-21-14(20)9-22-8-13(19)16-7-12(18)17-11-6-4-3-5-10(11)15/h3-6H,2,7-9H2,1H3,(H,16,19)(H,17,18). The van der Waals surface area contributed by atoms with Crippen molar-refractivity contribution in [3.63, 3.8) is 0 Å². The Balaban J connectivity index is 2.22. The molecule has 0 aliphatic rings. The van der Waals surface area contributed by atoms with Crippen molar-refractivity contribution in [3.05, 3.63) is 28.7 Å². The average Bonchev–Trinajstić information content (AvgIpc) is 2.48. The normalized spacial score (nSPS) is 9.91. The van der Waals surface area contributed by atoms with Crippen molar-refractivity contribution < 1.29 is 19.1 Å². The van der Waals surface area contributed by atoms with E-state index in [1.54, 1.807) is 25.1 Å². The van der Waals surface area contributed by atoms with Crippen LogP contribution in [0.3, 0.4) is 0 Å². The fourth-order valence-corrected chi connectivity index (χ4v) is 2.44. The van der Waals surface area contributed by atoms with Gasteiger partial charge < -0.3 is 15.4 Å². The predicted octanol–water partition coefficient (Wildman–Crippen LogP) is 1.80. The molecule has 1 rings (SSSR count). The van der Waals surface area contributed by atoms with Crippen LogP contribution in [0.2, 0.25) is 0 Å². The summed E-state index contributed by atoms with van der Waals surface area (Å²) in [5.41, 5.74) is 0.637. The molecule has 120 valence electrons. The number of amides is 2. The van der Waals surface area contributed by atoms with Crippen molar-refractivity contribution in [3.8, 4) is 0 Å². The summed E-state index contributed by atoms with van der Waals surface area (Å²) in [6.45, 7) is 1.92. The van der Waals surface area contributed by atoms with Gasteiger partial charge in [0.25, 0.3) is 0 Å². The number of anilines is 1. The molecule has 0 aliphatic carbocycles. The molecule has 0 bridgehead atoms. The smallest absolute Gasteiger partial charge is 0.315 e. The highest BCUT2D eigenvalue weighted by Gasteiger charge is 2.09. The molecule has 22 heavy (non-hydrogen) atoms. The third-order valence-corrected chi connectivity index (χ3v) is 3.95. The van der Waals surface area contributed by atoms with Crippen molar-refractivity contribution in [1.82, 2.24) is 5.32 Å². The van der Waals surface area contributed by atoms with Crippen molar-refractivity contribution in [2.75, 3.05) is 30.0 Å². The lowest BCUT2D eigenvalue weighted by atomic mass is 10.3. The molecular formula is C14H17BrN2O4S. The van der Waals surface area contributed by atoms with E-state index in [0.29, 0.717) is 12.3 Å². The minimum absolute atomic E-state index is 0.0983. The topological polar surface area (TPSA) is 84.5 Å². The van der Waals surface area contributed by atoms with Gasteiger partial charge in [-0.3, -0.25) is 14.4 Å². The third-order valence-electron chi connectivity index (χ3n) is 2.35. The molecule has 0 spiro atoms. The number of rotatable bonds is 8. The number of benzene rings is 1. The molecule has 0 heterocycles. The van der Waals surface area contributed by atoms with Crippen molar-refractivity contribution in [2.45, 2.75) is 6.92 Å². The van der Waals surface area contributed by atoms with Gasteiger partial charge in [0.2, 0.25) is 11.8 Å². The van der Waals surface area contributed by atoms with E-state index in [1.807, 2.05) is 6.07 Å². The number of nitrogens with one attached hydrogen (secondary N) is 2. The summed E-state index contributed by atoms with van der Waals surface area (Å²) in [5.74, 6) is -0.773. The second-order valence-corrected chi connectivity index (χ2v) is 5.94. The van der Waals surface area contributed by atoms with Crippen LogP contribution in [0.4, 0.5) is 5.69 Å². The van der Waals surface area contributed by atoms with Gasteiger partial charge in [-0.15, -0.1) is 11.8 Å². The zero-order valence-electron chi connectivity index (χ0n) is 12.1. The van der Waals surface area contributed by atoms with E-state index in [0.717, 1.165) is 16.2 Å². The molecule has 1 aromatic rings. The van der Waals surface area contributed by atoms with Gasteiger partial charge in [0.15, 0.2) is 0 Å². The van der Waals surface area contributed by atoms with Crippen molar-refractivity contribution in [1.29, 1.82) is 0 Å². The zero-order valence-corrected chi connectivity index (χ0v) is 14.5. The summed E-state index contributed by atoms with van der Waals surface area (Å²) in [7, 11) is 0. The number of esters is 1. The molecule has 0 aromatic heterocycles. The van der Waals surface area contributed by atoms with E-state index >= 15 is 0 Å². The van der Waals surface area contributed by atoms with Crippen LogP contribution in [0.5, 0.6) is 0 Å². The van der Waals surface area contributed by atoms with Crippen LogP contribution in [0.15, 0.2) is 28.7 Å². The lowest BCUT2D eigenvalue weighted by molar-refractivity contribution is -0.139. The number of carbonyl (C=O) groups is 3. The van der Waals surface area contributed by atoms with E-state index in [1.165, 1.54) is 0 Å². The number of thioether (sulfide) groups is 1. The van der Waals surface area contributed by atoms with Crippen LogP contribution < -0.4 is 10.6 Å². The second kappa shape index (κ2) is 10.2. The summed E-state index contributed by atoms with van der Waals surface area (Å²) in [5, 5.41) is 5.16. The van der Waals surface area contributed by atoms with Gasteiger partial charge in [0, 0.05) is 4.47 Å². The Bertz CT molecular complexity index is 539. The lowest BCUT2D eigenvalue weighted by Gasteiger charge is -2.08. The van der Waals surface area contributed by atoms with Crippen LogP contribution in [-0.2, 0) is 19.1 Å². The molecule has 0 saturated carbocycles. The summed E-state index contributed by atoms with van der Waals surface area (Å²) in [6, 6.07) is 7.19. The molecule has 6 nitrogen and oxygen atoms in total. The first-order valence-corrected chi connectivity index (χ1v) is 8.52. The van der Waals surface area contributed by atoms with Crippen LogP contribution in [0, 0.1) is 0 Å². The fraction of sp³-hybridized carbons (Fsp3) is 0.357. The quantitative estimate of drug-likeness (QED) is 0.663. The van der Waals surface area contributed by atoms with E-state index < -0.39 is 0 Å². The predicted molar refractivity (Wildman–Crippen MR) is 89.7 cm³/mol. The highest BCUT2D eigenvalue weighted by molar-refractivity contribution is 9.10. The van der Waals surface area contributed by atoms with E-state index in [9.17, 15) is 14.4 Å². The summed E-state index contributed by atoms with van der Waals surface area (Å²) in [6.07, 6.45) is 0. The SMILES string of the molecule is CCOC(=O)CSCC(=O)NCC(=O)Nc1ccccc1Br. The molecular weight excluding hydrogens is 372 g/mol. The number of ether oxygens (including phenoxy) is 1. The minimum Gasteiger partial charge on any atom is -0.465 e. The summed E-state index contributed by atoms with van der Waals surface area (Å²) < 4.78 is 5.50. The van der Waals surface area contributed by atoms with Gasteiger partial charge in [0.1, 0.15) is 0 Å². The maximum absolute atomic E-state index is 11.7. The second-order valence-electron chi connectivity index (χ2n) is 4.10. The van der Waals surface area contributed by atoms with Gasteiger partial charge in [-0.2, -0.15) is 0 Å². The maximum Gasteiger partial charge on any atom is 0.315 e. The molecule has 1 aromatic carbocycles. The Hall–Kier alpha value is -1.54. The van der Waals surface area contributed by atoms with Gasteiger partial charge in [0.05, 0.1) is 30.3 Å². The van der Waals surface area contributed by atoms with Crippen LogP contribution >= 0.6 is 27.7 Å². The molecule has 0 atom stereocenters. The number of carbonyl (C=O) groups excluding carboxylic acids is 3. The first kappa shape index (κ1) is 18.5. The third kappa shape index (κ3) is 7.46. The number of para-hydroxylation sites is 1. The zero-order chi connectivity index (χ0) is 16.4. The Morgan fingerprint density at radius 2 is 1.91 bits per heavy atom. The van der Waals surface area contributed by atoms with Crippen molar-refractivity contribution >= 4 is 51.2 Å². The van der Waals surface area contributed by atoms with Gasteiger partial charge in [-0.1, -0.05) is 12.1 Å². The molecule has 2 N–H and O–H groups in total. The summed E-state index contributed by atoms with van der Waals surface area (Å²) in [4.78, 5) is 34.3. The maximum atomic E-state index is 11.7. The molecule has 0 radical (unpaired) electrons. The van der Waals surface area contributed by atoms with Gasteiger partial charge in [-0.05, 0) is 35.0 Å². The highest BCUT2D eigenvalue weighted by atomic mass is 79.9. The fourth-order valence-electron chi connectivity index (χ4n) is 1.42. The van der Waals surface area contributed by atoms with E-state index in [4.69, 9.17) is 4.74 Å². The van der Waals surface area contributed by atoms with Crippen LogP contribution in [-0.4, -0.2) is 42.4 Å². The largest absolute Gasteiger partial charge is 0.465 e. The molecule has 8 heteroatoms. The number of hydrogen-bond acceptors (Lipinski definition) is 5. The average molecular weight is 389 g/mol. The van der Waals surface area contributed by atoms with Gasteiger partial charge >= 0.3 is 5.97 Å². The lowest BCUT2D eigenvalue weighted by Crippen LogP contribution is -2.34. The van der Waals surface area contributed by atoms with Crippen molar-refractivity contribution in [2.24, 2.45) is 0 Å². The molecule has 0 fully saturated rings.